The predicted molar refractivity (Wildman–Crippen MR) is 190 cm³/mol. The van der Waals surface area contributed by atoms with E-state index in [1.807, 2.05) is 49.9 Å². The molecule has 0 saturated carbocycles. The van der Waals surface area contributed by atoms with E-state index < -0.39 is 5.41 Å². The molecule has 45 heavy (non-hydrogen) atoms. The molecule has 240 valence electrons. The highest BCUT2D eigenvalue weighted by atomic mass is 32.2. The van der Waals surface area contributed by atoms with Crippen LogP contribution in [0.1, 0.15) is 84.2 Å². The average Bonchev–Trinajstić information content (AvgIpc) is 3.51. The van der Waals surface area contributed by atoms with Crippen LogP contribution < -0.4 is 14.2 Å². The molecule has 0 saturated heterocycles. The Labute approximate surface area is 278 Å². The molecule has 0 unspecified atom stereocenters. The molecule has 0 spiro atoms. The molecule has 3 aromatic rings. The number of esters is 1. The fourth-order valence-electron chi connectivity index (χ4n) is 6.08. The van der Waals surface area contributed by atoms with Crippen molar-refractivity contribution in [1.82, 2.24) is 0 Å². The number of thioether (sulfide) groups is 1. The molecule has 0 amide bonds. The van der Waals surface area contributed by atoms with Gasteiger partial charge in [0.2, 0.25) is 5.52 Å². The van der Waals surface area contributed by atoms with Crippen LogP contribution in [0.5, 0.6) is 5.75 Å². The highest BCUT2D eigenvalue weighted by molar-refractivity contribution is 8.03. The molecule has 7 heteroatoms. The second kappa shape index (κ2) is 13.8. The molecule has 1 aromatic heterocycles. The number of anilines is 1. The largest absolute Gasteiger partial charge is 0.497 e. The summed E-state index contributed by atoms with van der Waals surface area (Å²) in [5.74, 6) is 0.796. The topological polar surface area (TPSA) is 42.7 Å². The molecule has 5 rings (SSSR count). The quantitative estimate of drug-likeness (QED) is 0.118. The average molecular weight is 646 g/mol. The van der Waals surface area contributed by atoms with Crippen LogP contribution >= 0.6 is 23.1 Å². The van der Waals surface area contributed by atoms with Crippen LogP contribution in [0.25, 0.3) is 16.3 Å². The Hall–Kier alpha value is -3.03. The van der Waals surface area contributed by atoms with Gasteiger partial charge in [-0.2, -0.15) is 4.57 Å². The Morgan fingerprint density at radius 2 is 1.89 bits per heavy atom. The zero-order valence-corrected chi connectivity index (χ0v) is 29.9. The van der Waals surface area contributed by atoms with Gasteiger partial charge < -0.3 is 14.4 Å². The number of carbonyl (C=O) groups is 1. The van der Waals surface area contributed by atoms with Crippen molar-refractivity contribution in [2.45, 2.75) is 92.0 Å². The van der Waals surface area contributed by atoms with Crippen LogP contribution in [0.2, 0.25) is 0 Å². The lowest BCUT2D eigenvalue weighted by molar-refractivity contribution is -0.669. The van der Waals surface area contributed by atoms with Crippen molar-refractivity contribution in [1.29, 1.82) is 0 Å². The van der Waals surface area contributed by atoms with Crippen LogP contribution in [0, 0.1) is 17.8 Å². The summed E-state index contributed by atoms with van der Waals surface area (Å²) in [4.78, 5) is 16.1. The van der Waals surface area contributed by atoms with E-state index in [9.17, 15) is 4.79 Å². The standard InChI is InChI=1S/C38H49N2O3S2/c1-9-38(6,7)36(41)43-18-12-11-17-40-30-19-26(3)13-15-32(30)45-35(40)22-28-20-27(24-37(4,5)25-28)21-34-39(10-2)31-23-29(42-8)14-16-33(31)44-34/h13-16,19-23H,9-12,17-18,24-25H2,1-8H3/q+1. The smallest absolute Gasteiger partial charge is 0.311 e. The van der Waals surface area contributed by atoms with Gasteiger partial charge in [-0.3, -0.25) is 4.79 Å². The lowest BCUT2D eigenvalue weighted by Gasteiger charge is -2.31. The van der Waals surface area contributed by atoms with Gasteiger partial charge in [-0.15, -0.1) is 0 Å². The third-order valence-corrected chi connectivity index (χ3v) is 11.2. The van der Waals surface area contributed by atoms with E-state index in [1.54, 1.807) is 7.11 Å². The third-order valence-electron chi connectivity index (χ3n) is 8.94. The molecule has 0 atom stereocenters. The third kappa shape index (κ3) is 7.69. The predicted octanol–water partition coefficient (Wildman–Crippen LogP) is 9.87. The maximum Gasteiger partial charge on any atom is 0.311 e. The Morgan fingerprint density at radius 1 is 1.09 bits per heavy atom. The van der Waals surface area contributed by atoms with E-state index in [2.05, 4.69) is 85.7 Å². The monoisotopic (exact) mass is 645 g/mol. The highest BCUT2D eigenvalue weighted by Gasteiger charge is 2.30. The minimum Gasteiger partial charge on any atom is -0.497 e. The molecule has 0 N–H and O–H groups in total. The minimum absolute atomic E-state index is 0.0983. The maximum absolute atomic E-state index is 12.4. The molecule has 2 heterocycles. The Balaban J connectivity index is 1.40. The Kier molecular flexibility index (Phi) is 10.2. The number of hydrogen-bond acceptors (Lipinski definition) is 6. The van der Waals surface area contributed by atoms with Gasteiger partial charge in [0.15, 0.2) is 6.54 Å². The van der Waals surface area contributed by atoms with E-state index >= 15 is 0 Å². The highest BCUT2D eigenvalue weighted by Crippen LogP contribution is 2.49. The number of benzene rings is 2. The van der Waals surface area contributed by atoms with Gasteiger partial charge in [0.1, 0.15) is 10.4 Å². The number of methoxy groups -OCH3 is 1. The number of carbonyl (C=O) groups excluding carboxylic acids is 1. The first-order chi connectivity index (χ1) is 21.4. The van der Waals surface area contributed by atoms with Gasteiger partial charge in [-0.05, 0) is 99.8 Å². The molecular formula is C38H49N2O3S2+. The maximum atomic E-state index is 12.4. The van der Waals surface area contributed by atoms with Crippen LogP contribution in [0.4, 0.5) is 5.69 Å². The van der Waals surface area contributed by atoms with E-state index in [1.165, 1.54) is 47.5 Å². The fraction of sp³-hybridized carbons (Fsp3) is 0.474. The van der Waals surface area contributed by atoms with Gasteiger partial charge in [0.05, 0.1) is 29.8 Å². The molecule has 2 aromatic carbocycles. The number of allylic oxidation sites excluding steroid dienone is 4. The van der Waals surface area contributed by atoms with Crippen molar-refractivity contribution in [3.63, 3.8) is 0 Å². The van der Waals surface area contributed by atoms with Crippen molar-refractivity contribution in [2.75, 3.05) is 25.2 Å². The van der Waals surface area contributed by atoms with Crippen LogP contribution in [-0.4, -0.2) is 26.2 Å². The normalized spacial score (nSPS) is 18.0. The lowest BCUT2D eigenvalue weighted by Crippen LogP contribution is -2.35. The van der Waals surface area contributed by atoms with Gasteiger partial charge >= 0.3 is 5.97 Å². The number of ether oxygens (including phenoxy) is 2. The van der Waals surface area contributed by atoms with Crippen molar-refractivity contribution in [2.24, 2.45) is 10.8 Å². The van der Waals surface area contributed by atoms with Crippen molar-refractivity contribution < 1.29 is 18.8 Å². The first-order valence-corrected chi connectivity index (χ1v) is 17.9. The molecule has 0 fully saturated rings. The summed E-state index contributed by atoms with van der Waals surface area (Å²) in [6, 6.07) is 13.1. The molecule has 1 aliphatic heterocycles. The lowest BCUT2D eigenvalue weighted by atomic mass is 9.75. The van der Waals surface area contributed by atoms with Gasteiger partial charge in [0.25, 0.3) is 5.01 Å². The van der Waals surface area contributed by atoms with E-state index in [4.69, 9.17) is 9.47 Å². The molecular weight excluding hydrogens is 597 g/mol. The summed E-state index contributed by atoms with van der Waals surface area (Å²) in [5.41, 5.74) is 6.27. The molecule has 1 aliphatic carbocycles. The second-order valence-corrected chi connectivity index (χ2v) is 15.9. The van der Waals surface area contributed by atoms with E-state index in [0.29, 0.717) is 6.61 Å². The van der Waals surface area contributed by atoms with E-state index in [-0.39, 0.29) is 11.4 Å². The Bertz CT molecular complexity index is 1660. The van der Waals surface area contributed by atoms with Crippen molar-refractivity contribution >= 4 is 51.0 Å². The first kappa shape index (κ1) is 33.3. The first-order valence-electron chi connectivity index (χ1n) is 16.3. The summed E-state index contributed by atoms with van der Waals surface area (Å²) < 4.78 is 14.9. The number of unbranched alkanes of at least 4 members (excludes halogenated alkanes) is 1. The Morgan fingerprint density at radius 3 is 2.62 bits per heavy atom. The number of hydrogen-bond donors (Lipinski definition) is 0. The summed E-state index contributed by atoms with van der Waals surface area (Å²) >= 11 is 3.72. The number of rotatable bonds is 11. The van der Waals surface area contributed by atoms with Gasteiger partial charge in [0, 0.05) is 36.1 Å². The van der Waals surface area contributed by atoms with E-state index in [0.717, 1.165) is 50.9 Å². The number of aryl methyl sites for hydroxylation is 2. The zero-order chi connectivity index (χ0) is 32.4. The fourth-order valence-corrected chi connectivity index (χ4v) is 8.41. The summed E-state index contributed by atoms with van der Waals surface area (Å²) in [6.07, 6.45) is 11.9. The number of nitrogens with zero attached hydrogens (tertiary/aromatic N) is 2. The number of fused-ring (bicyclic) bond motifs is 2. The van der Waals surface area contributed by atoms with Crippen molar-refractivity contribution in [3.05, 3.63) is 75.3 Å². The van der Waals surface area contributed by atoms with Gasteiger partial charge in [-0.1, -0.05) is 56.0 Å². The molecule has 2 aliphatic rings. The summed E-state index contributed by atoms with van der Waals surface area (Å²) in [6.45, 7) is 17.4. The molecule has 0 bridgehead atoms. The van der Waals surface area contributed by atoms with Crippen LogP contribution in [-0.2, 0) is 16.1 Å². The van der Waals surface area contributed by atoms with Crippen molar-refractivity contribution in [3.8, 4) is 5.75 Å². The van der Waals surface area contributed by atoms with Crippen LogP contribution in [0.3, 0.4) is 0 Å². The summed E-state index contributed by atoms with van der Waals surface area (Å²) in [7, 11) is 1.73. The number of aromatic nitrogens is 1. The minimum atomic E-state index is -0.423. The summed E-state index contributed by atoms with van der Waals surface area (Å²) in [5, 5.41) is 2.56. The molecule has 0 radical (unpaired) electrons. The zero-order valence-electron chi connectivity index (χ0n) is 28.3. The molecule has 5 nitrogen and oxygen atoms in total. The van der Waals surface area contributed by atoms with Gasteiger partial charge in [-0.25, -0.2) is 0 Å². The van der Waals surface area contributed by atoms with Crippen LogP contribution in [0.15, 0.2) is 69.6 Å². The SMILES string of the molecule is CCN1/C(=C\C2=CC(=C/c3sc4ccc(C)cc4[n+]3CCCCOC(=O)C(C)(C)CC)/CC(C)(C)C2)Sc2ccc(OC)cc21. The second-order valence-electron chi connectivity index (χ2n) is 13.8. The number of thiazole rings is 1.